The summed E-state index contributed by atoms with van der Waals surface area (Å²) < 4.78 is 13.8. The number of carboxylic acid groups (broad SMARTS) is 1. The van der Waals surface area contributed by atoms with Crippen LogP contribution in [0.2, 0.25) is 0 Å². The van der Waals surface area contributed by atoms with Crippen LogP contribution in [0.25, 0.3) is 0 Å². The maximum absolute atomic E-state index is 13.8. The monoisotopic (exact) mass is 229 g/mol. The van der Waals surface area contributed by atoms with Gasteiger partial charge in [0.15, 0.2) is 0 Å². The number of aliphatic carboxylic acids is 1. The molecular formula is C11H16FNO3. The first-order valence-electron chi connectivity index (χ1n) is 5.65. The molecule has 0 aromatic carbocycles. The number of halogens is 1. The topological polar surface area (TPSA) is 57.6 Å². The highest BCUT2D eigenvalue weighted by atomic mass is 19.1. The molecule has 1 unspecified atom stereocenters. The molecule has 2 aliphatic rings. The highest BCUT2D eigenvalue weighted by Gasteiger charge is 2.54. The van der Waals surface area contributed by atoms with Crippen LogP contribution in [0.4, 0.5) is 4.39 Å². The van der Waals surface area contributed by atoms with E-state index in [1.807, 2.05) is 6.92 Å². The molecule has 1 heterocycles. The second kappa shape index (κ2) is 3.43. The number of hydrogen-bond donors (Lipinski definition) is 1. The zero-order valence-electron chi connectivity index (χ0n) is 9.33. The predicted octanol–water partition coefficient (Wildman–Crippen LogP) is 1.20. The van der Waals surface area contributed by atoms with Crippen LogP contribution in [0.3, 0.4) is 0 Å². The van der Waals surface area contributed by atoms with Crippen molar-refractivity contribution < 1.29 is 19.1 Å². The van der Waals surface area contributed by atoms with Crippen molar-refractivity contribution in [3.63, 3.8) is 0 Å². The van der Waals surface area contributed by atoms with Crippen LogP contribution in [-0.2, 0) is 9.59 Å². The molecule has 0 radical (unpaired) electrons. The molecule has 5 heteroatoms. The quantitative estimate of drug-likeness (QED) is 0.791. The molecule has 1 amide bonds. The second-order valence-corrected chi connectivity index (χ2v) is 4.88. The molecule has 1 atom stereocenters. The Hall–Kier alpha value is -1.13. The summed E-state index contributed by atoms with van der Waals surface area (Å²) in [5.41, 5.74) is -2.54. The third kappa shape index (κ3) is 1.58. The standard InChI is InChI=1S/C11H16FNO3/c1-2-10(3-4-10)8(14)13-6-5-11(12,7-13)9(15)16/h2-7H2,1H3,(H,15,16). The fraction of sp³-hybridized carbons (Fsp3) is 0.818. The van der Waals surface area contributed by atoms with Crippen molar-refractivity contribution in [1.29, 1.82) is 0 Å². The molecule has 1 N–H and O–H groups in total. The van der Waals surface area contributed by atoms with Crippen LogP contribution < -0.4 is 0 Å². The van der Waals surface area contributed by atoms with Gasteiger partial charge in [-0.3, -0.25) is 4.79 Å². The fourth-order valence-corrected chi connectivity index (χ4v) is 2.33. The van der Waals surface area contributed by atoms with Gasteiger partial charge in [-0.25, -0.2) is 9.18 Å². The van der Waals surface area contributed by atoms with Crippen molar-refractivity contribution >= 4 is 11.9 Å². The molecule has 16 heavy (non-hydrogen) atoms. The van der Waals surface area contributed by atoms with E-state index < -0.39 is 11.6 Å². The smallest absolute Gasteiger partial charge is 0.343 e. The Balaban J connectivity index is 2.04. The summed E-state index contributed by atoms with van der Waals surface area (Å²) >= 11 is 0. The van der Waals surface area contributed by atoms with Gasteiger partial charge < -0.3 is 10.0 Å². The Morgan fingerprint density at radius 1 is 1.38 bits per heavy atom. The second-order valence-electron chi connectivity index (χ2n) is 4.88. The van der Waals surface area contributed by atoms with Crippen molar-refractivity contribution in [1.82, 2.24) is 4.90 Å². The molecule has 1 saturated carbocycles. The molecule has 2 rings (SSSR count). The number of carbonyl (C=O) groups excluding carboxylic acids is 1. The van der Waals surface area contributed by atoms with Crippen molar-refractivity contribution in [2.24, 2.45) is 5.41 Å². The minimum absolute atomic E-state index is 0.0595. The number of alkyl halides is 1. The van der Waals surface area contributed by atoms with Crippen molar-refractivity contribution in [2.75, 3.05) is 13.1 Å². The summed E-state index contributed by atoms with van der Waals surface area (Å²) in [6.45, 7) is 1.88. The van der Waals surface area contributed by atoms with E-state index in [1.165, 1.54) is 4.90 Å². The number of carbonyl (C=O) groups is 2. The number of carboxylic acids is 1. The maximum Gasteiger partial charge on any atom is 0.343 e. The lowest BCUT2D eigenvalue weighted by Gasteiger charge is -2.22. The SMILES string of the molecule is CCC1(C(=O)N2CCC(F)(C(=O)O)C2)CC1. The van der Waals surface area contributed by atoms with Gasteiger partial charge in [0.2, 0.25) is 11.6 Å². The molecule has 2 fully saturated rings. The first kappa shape index (κ1) is 11.4. The Morgan fingerprint density at radius 3 is 2.38 bits per heavy atom. The van der Waals surface area contributed by atoms with Crippen LogP contribution in [0.15, 0.2) is 0 Å². The van der Waals surface area contributed by atoms with Crippen molar-refractivity contribution in [3.8, 4) is 0 Å². The molecule has 0 spiro atoms. The third-order valence-electron chi connectivity index (χ3n) is 3.87. The van der Waals surface area contributed by atoms with Gasteiger partial charge in [0.1, 0.15) is 0 Å². The molecule has 90 valence electrons. The molecule has 1 saturated heterocycles. The van der Waals surface area contributed by atoms with Crippen molar-refractivity contribution in [3.05, 3.63) is 0 Å². The zero-order valence-corrected chi connectivity index (χ0v) is 9.33. The summed E-state index contributed by atoms with van der Waals surface area (Å²) in [4.78, 5) is 24.1. The van der Waals surface area contributed by atoms with E-state index in [0.717, 1.165) is 19.3 Å². The van der Waals surface area contributed by atoms with Gasteiger partial charge in [-0.05, 0) is 19.3 Å². The Morgan fingerprint density at radius 2 is 2.00 bits per heavy atom. The number of amides is 1. The highest BCUT2D eigenvalue weighted by Crippen LogP contribution is 2.50. The summed E-state index contributed by atoms with van der Waals surface area (Å²) in [7, 11) is 0. The van der Waals surface area contributed by atoms with E-state index in [0.29, 0.717) is 0 Å². The average Bonchev–Trinajstić information content (AvgIpc) is 2.95. The third-order valence-corrected chi connectivity index (χ3v) is 3.87. The minimum atomic E-state index is -2.24. The lowest BCUT2D eigenvalue weighted by atomic mass is 10.0. The molecule has 0 aromatic rings. The summed E-state index contributed by atoms with van der Waals surface area (Å²) in [5, 5.41) is 8.73. The fourth-order valence-electron chi connectivity index (χ4n) is 2.33. The molecule has 1 aliphatic carbocycles. The van der Waals surface area contributed by atoms with E-state index in [4.69, 9.17) is 5.11 Å². The highest BCUT2D eigenvalue weighted by molar-refractivity contribution is 5.87. The van der Waals surface area contributed by atoms with E-state index >= 15 is 0 Å². The molecule has 1 aliphatic heterocycles. The Bertz CT molecular complexity index is 340. The van der Waals surface area contributed by atoms with Gasteiger partial charge >= 0.3 is 5.97 Å². The maximum atomic E-state index is 13.8. The van der Waals surface area contributed by atoms with E-state index in [-0.39, 0.29) is 30.8 Å². The number of likely N-dealkylation sites (tertiary alicyclic amines) is 1. The van der Waals surface area contributed by atoms with Crippen LogP contribution in [0, 0.1) is 5.41 Å². The van der Waals surface area contributed by atoms with E-state index in [1.54, 1.807) is 0 Å². The summed E-state index contributed by atoms with van der Waals surface area (Å²) in [6, 6.07) is 0. The number of rotatable bonds is 3. The van der Waals surface area contributed by atoms with Crippen LogP contribution in [0.1, 0.15) is 32.6 Å². The number of nitrogens with zero attached hydrogens (tertiary/aromatic N) is 1. The lowest BCUT2D eigenvalue weighted by Crippen LogP contribution is -2.41. The normalized spacial score (nSPS) is 31.5. The molecule has 0 bridgehead atoms. The van der Waals surface area contributed by atoms with Gasteiger partial charge in [-0.2, -0.15) is 0 Å². The van der Waals surface area contributed by atoms with Crippen LogP contribution >= 0.6 is 0 Å². The van der Waals surface area contributed by atoms with E-state index in [2.05, 4.69) is 0 Å². The first-order chi connectivity index (χ1) is 7.43. The zero-order chi connectivity index (χ0) is 12.0. The molecule has 0 aromatic heterocycles. The lowest BCUT2D eigenvalue weighted by molar-refractivity contribution is -0.150. The number of hydrogen-bond acceptors (Lipinski definition) is 2. The first-order valence-corrected chi connectivity index (χ1v) is 5.65. The van der Waals surface area contributed by atoms with Gasteiger partial charge in [-0.1, -0.05) is 6.92 Å². The molecule has 4 nitrogen and oxygen atoms in total. The summed E-state index contributed by atoms with van der Waals surface area (Å²) in [5.74, 6) is -1.51. The van der Waals surface area contributed by atoms with Gasteiger partial charge in [0.25, 0.3) is 0 Å². The Kier molecular flexibility index (Phi) is 2.44. The van der Waals surface area contributed by atoms with Crippen LogP contribution in [0.5, 0.6) is 0 Å². The Labute approximate surface area is 93.4 Å². The van der Waals surface area contributed by atoms with Crippen molar-refractivity contribution in [2.45, 2.75) is 38.3 Å². The average molecular weight is 229 g/mol. The van der Waals surface area contributed by atoms with Gasteiger partial charge in [-0.15, -0.1) is 0 Å². The van der Waals surface area contributed by atoms with Gasteiger partial charge in [0.05, 0.1) is 6.54 Å². The summed E-state index contributed by atoms with van der Waals surface area (Å²) in [6.07, 6.45) is 2.37. The van der Waals surface area contributed by atoms with Gasteiger partial charge in [0, 0.05) is 18.4 Å². The van der Waals surface area contributed by atoms with Crippen LogP contribution in [-0.4, -0.2) is 40.6 Å². The predicted molar refractivity (Wildman–Crippen MR) is 54.6 cm³/mol. The minimum Gasteiger partial charge on any atom is -0.479 e. The molecular weight excluding hydrogens is 213 g/mol. The van der Waals surface area contributed by atoms with E-state index in [9.17, 15) is 14.0 Å². The largest absolute Gasteiger partial charge is 0.479 e.